The second kappa shape index (κ2) is 6.57. The first-order chi connectivity index (χ1) is 9.90. The van der Waals surface area contributed by atoms with Crippen LogP contribution in [0.2, 0.25) is 5.15 Å². The van der Waals surface area contributed by atoms with E-state index in [0.717, 1.165) is 0 Å². The second-order valence-corrected chi connectivity index (χ2v) is 6.82. The highest BCUT2D eigenvalue weighted by Gasteiger charge is 2.21. The van der Waals surface area contributed by atoms with Crippen LogP contribution in [0.4, 0.5) is 0 Å². The maximum atomic E-state index is 12.2. The Hall–Kier alpha value is -1.41. The number of rotatable bonds is 6. The molecule has 2 rings (SSSR count). The molecule has 0 aliphatic carbocycles. The molecule has 2 heterocycles. The molecule has 0 aliphatic rings. The molecule has 114 valence electrons. The number of sulfonamides is 1. The number of furan rings is 1. The Kier molecular flexibility index (Phi) is 5.00. The van der Waals surface area contributed by atoms with Gasteiger partial charge in [-0.25, -0.2) is 18.1 Å². The van der Waals surface area contributed by atoms with Crippen molar-refractivity contribution in [3.05, 3.63) is 47.6 Å². The van der Waals surface area contributed by atoms with E-state index in [1.807, 2.05) is 25.1 Å². The van der Waals surface area contributed by atoms with Gasteiger partial charge in [0.05, 0.1) is 17.2 Å². The van der Waals surface area contributed by atoms with Gasteiger partial charge in [0, 0.05) is 12.7 Å². The summed E-state index contributed by atoms with van der Waals surface area (Å²) in [4.78, 5) is 5.73. The number of nitrogens with one attached hydrogen (secondary N) is 1. The molecule has 2 aromatic heterocycles. The molecule has 21 heavy (non-hydrogen) atoms. The Morgan fingerprint density at radius 3 is 2.76 bits per heavy atom. The van der Waals surface area contributed by atoms with E-state index in [9.17, 15) is 8.42 Å². The molecule has 0 aliphatic heterocycles. The van der Waals surface area contributed by atoms with Crippen molar-refractivity contribution in [3.8, 4) is 0 Å². The van der Waals surface area contributed by atoms with Gasteiger partial charge in [0.15, 0.2) is 0 Å². The summed E-state index contributed by atoms with van der Waals surface area (Å²) in [6, 6.07) is 6.07. The number of hydrogen-bond donors (Lipinski definition) is 1. The molecule has 1 unspecified atom stereocenters. The summed E-state index contributed by atoms with van der Waals surface area (Å²) in [5.74, 6) is 0.690. The second-order valence-electron chi connectivity index (χ2n) is 4.66. The maximum Gasteiger partial charge on any atom is 0.240 e. The maximum absolute atomic E-state index is 12.2. The molecule has 0 amide bonds. The predicted molar refractivity (Wildman–Crippen MR) is 79.6 cm³/mol. The van der Waals surface area contributed by atoms with Crippen molar-refractivity contribution in [1.29, 1.82) is 0 Å². The molecular weight excluding hydrogens is 314 g/mol. The molecule has 0 bridgehead atoms. The normalized spacial score (nSPS) is 13.5. The van der Waals surface area contributed by atoms with E-state index in [1.54, 1.807) is 12.3 Å². The average molecular weight is 330 g/mol. The third-order valence-electron chi connectivity index (χ3n) is 2.97. The number of nitrogens with zero attached hydrogens (tertiary/aromatic N) is 2. The number of likely N-dealkylation sites (N-methyl/N-ethyl adjacent to an activating group) is 1. The Balaban J connectivity index is 2.13. The van der Waals surface area contributed by atoms with Gasteiger partial charge in [-0.05, 0) is 38.4 Å². The molecule has 0 radical (unpaired) electrons. The van der Waals surface area contributed by atoms with Gasteiger partial charge in [-0.3, -0.25) is 4.90 Å². The predicted octanol–water partition coefficient (Wildman–Crippen LogP) is 1.91. The van der Waals surface area contributed by atoms with Crippen LogP contribution in [0, 0.1) is 0 Å². The van der Waals surface area contributed by atoms with Gasteiger partial charge in [0.1, 0.15) is 10.9 Å². The fourth-order valence-corrected chi connectivity index (χ4v) is 3.13. The summed E-state index contributed by atoms with van der Waals surface area (Å²) >= 11 is 5.72. The third-order valence-corrected chi connectivity index (χ3v) is 4.60. The van der Waals surface area contributed by atoms with E-state index in [2.05, 4.69) is 9.71 Å². The van der Waals surface area contributed by atoms with Gasteiger partial charge in [0.25, 0.3) is 0 Å². The Bertz CT molecular complexity index is 686. The number of aromatic nitrogens is 1. The lowest BCUT2D eigenvalue weighted by Crippen LogP contribution is -2.34. The molecule has 2 aromatic rings. The largest absolute Gasteiger partial charge is 0.468 e. The number of pyridine rings is 1. The lowest BCUT2D eigenvalue weighted by Gasteiger charge is -2.22. The van der Waals surface area contributed by atoms with Crippen molar-refractivity contribution in [2.75, 3.05) is 20.6 Å². The van der Waals surface area contributed by atoms with Crippen LogP contribution in [0.1, 0.15) is 11.8 Å². The van der Waals surface area contributed by atoms with Crippen LogP contribution < -0.4 is 4.72 Å². The van der Waals surface area contributed by atoms with E-state index in [0.29, 0.717) is 5.76 Å². The minimum absolute atomic E-state index is 0.0828. The first kappa shape index (κ1) is 16.0. The van der Waals surface area contributed by atoms with Crippen molar-refractivity contribution < 1.29 is 12.8 Å². The van der Waals surface area contributed by atoms with Crippen molar-refractivity contribution >= 4 is 21.6 Å². The topological polar surface area (TPSA) is 75.4 Å². The van der Waals surface area contributed by atoms with E-state index in [1.165, 1.54) is 18.3 Å². The summed E-state index contributed by atoms with van der Waals surface area (Å²) in [5, 5.41) is 0.132. The summed E-state index contributed by atoms with van der Waals surface area (Å²) in [6.45, 7) is 0.183. The van der Waals surface area contributed by atoms with Gasteiger partial charge in [-0.2, -0.15) is 0 Å². The zero-order valence-corrected chi connectivity index (χ0v) is 13.2. The standard InChI is InChI=1S/C13H16ClN3O3S/c1-17(2)11(12-4-3-7-20-12)9-16-21(18,19)10-5-6-15-13(14)8-10/h3-8,11,16H,9H2,1-2H3. The number of halogens is 1. The summed E-state index contributed by atoms with van der Waals surface area (Å²) in [6.07, 6.45) is 2.91. The minimum atomic E-state index is -3.65. The highest BCUT2D eigenvalue weighted by Crippen LogP contribution is 2.19. The van der Waals surface area contributed by atoms with Gasteiger partial charge in [-0.1, -0.05) is 11.6 Å². The monoisotopic (exact) mass is 329 g/mol. The van der Waals surface area contributed by atoms with Crippen LogP contribution in [0.25, 0.3) is 0 Å². The Morgan fingerprint density at radius 1 is 1.43 bits per heavy atom. The molecule has 1 atom stereocenters. The van der Waals surface area contributed by atoms with Crippen molar-refractivity contribution in [2.24, 2.45) is 0 Å². The van der Waals surface area contributed by atoms with Crippen LogP contribution in [0.3, 0.4) is 0 Å². The molecule has 0 aromatic carbocycles. The molecule has 1 N–H and O–H groups in total. The number of hydrogen-bond acceptors (Lipinski definition) is 5. The Morgan fingerprint density at radius 2 is 2.19 bits per heavy atom. The van der Waals surface area contributed by atoms with E-state index >= 15 is 0 Å². The van der Waals surface area contributed by atoms with Gasteiger partial charge in [0.2, 0.25) is 10.0 Å². The summed E-state index contributed by atoms with van der Waals surface area (Å²) in [5.41, 5.74) is 0. The third kappa shape index (κ3) is 4.04. The molecule has 6 nitrogen and oxygen atoms in total. The summed E-state index contributed by atoms with van der Waals surface area (Å²) < 4.78 is 32.4. The molecule has 0 spiro atoms. The van der Waals surface area contributed by atoms with E-state index in [4.69, 9.17) is 16.0 Å². The van der Waals surface area contributed by atoms with Crippen molar-refractivity contribution in [2.45, 2.75) is 10.9 Å². The fourth-order valence-electron chi connectivity index (χ4n) is 1.84. The first-order valence-electron chi connectivity index (χ1n) is 6.21. The molecule has 8 heteroatoms. The van der Waals surface area contributed by atoms with Crippen LogP contribution in [0.5, 0.6) is 0 Å². The molecule has 0 fully saturated rings. The van der Waals surface area contributed by atoms with Crippen LogP contribution in [-0.4, -0.2) is 38.9 Å². The van der Waals surface area contributed by atoms with Gasteiger partial charge >= 0.3 is 0 Å². The Labute approximate surface area is 128 Å². The lowest BCUT2D eigenvalue weighted by atomic mass is 10.2. The van der Waals surface area contributed by atoms with Crippen LogP contribution >= 0.6 is 11.6 Å². The van der Waals surface area contributed by atoms with Gasteiger partial charge in [-0.15, -0.1) is 0 Å². The first-order valence-corrected chi connectivity index (χ1v) is 8.07. The van der Waals surface area contributed by atoms with Crippen molar-refractivity contribution in [1.82, 2.24) is 14.6 Å². The minimum Gasteiger partial charge on any atom is -0.468 e. The molecular formula is C13H16ClN3O3S. The quantitative estimate of drug-likeness (QED) is 0.819. The molecule has 0 saturated carbocycles. The SMILES string of the molecule is CN(C)C(CNS(=O)(=O)c1ccnc(Cl)c1)c1ccco1. The smallest absolute Gasteiger partial charge is 0.240 e. The highest BCUT2D eigenvalue weighted by molar-refractivity contribution is 7.89. The van der Waals surface area contributed by atoms with Crippen molar-refractivity contribution in [3.63, 3.8) is 0 Å². The average Bonchev–Trinajstić information content (AvgIpc) is 2.92. The van der Waals surface area contributed by atoms with E-state index in [-0.39, 0.29) is 22.6 Å². The highest BCUT2D eigenvalue weighted by atomic mass is 35.5. The van der Waals surface area contributed by atoms with E-state index < -0.39 is 10.0 Å². The summed E-state index contributed by atoms with van der Waals surface area (Å²) in [7, 11) is 0.0587. The van der Waals surface area contributed by atoms with Gasteiger partial charge < -0.3 is 4.42 Å². The lowest BCUT2D eigenvalue weighted by molar-refractivity contribution is 0.259. The zero-order valence-electron chi connectivity index (χ0n) is 11.7. The fraction of sp³-hybridized carbons (Fsp3) is 0.308. The van der Waals surface area contributed by atoms with Crippen LogP contribution in [0.15, 0.2) is 46.0 Å². The zero-order chi connectivity index (χ0) is 15.5. The molecule has 0 saturated heterocycles. The van der Waals surface area contributed by atoms with Crippen LogP contribution in [-0.2, 0) is 10.0 Å².